The monoisotopic (exact) mass is 226 g/mol. The lowest BCUT2D eigenvalue weighted by molar-refractivity contribution is 0.597. The molecule has 0 saturated carbocycles. The number of nitrogens with zero attached hydrogens (tertiary/aromatic N) is 4. The summed E-state index contributed by atoms with van der Waals surface area (Å²) in [7, 11) is 0. The predicted molar refractivity (Wildman–Crippen MR) is 53.6 cm³/mol. The average Bonchev–Trinajstić information content (AvgIpc) is 2.45. The van der Waals surface area contributed by atoms with E-state index in [0.29, 0.717) is 11.6 Å². The number of aromatic nitrogens is 4. The molecule has 0 aliphatic heterocycles. The van der Waals surface area contributed by atoms with Crippen molar-refractivity contribution in [1.29, 1.82) is 0 Å². The van der Waals surface area contributed by atoms with E-state index in [2.05, 4.69) is 15.1 Å². The minimum Gasteiger partial charge on any atom is -0.233 e. The molecule has 2 aromatic rings. The number of hydrogen-bond donors (Lipinski definition) is 0. The van der Waals surface area contributed by atoms with E-state index in [1.165, 1.54) is 16.9 Å². The quantitative estimate of drug-likeness (QED) is 0.748. The van der Waals surface area contributed by atoms with Gasteiger partial charge in [-0.15, -0.1) is 5.10 Å². The topological polar surface area (TPSA) is 43.6 Å². The molecule has 0 fully saturated rings. The highest BCUT2D eigenvalue weighted by atomic mass is 35.5. The van der Waals surface area contributed by atoms with Crippen LogP contribution in [0.15, 0.2) is 12.3 Å². The fourth-order valence-electron chi connectivity index (χ4n) is 1.28. The summed E-state index contributed by atoms with van der Waals surface area (Å²) in [5.74, 6) is 0.748. The third kappa shape index (κ3) is 1.83. The highest BCUT2D eigenvalue weighted by molar-refractivity contribution is 6.30. The molecule has 4 nitrogen and oxygen atoms in total. The van der Waals surface area contributed by atoms with Crippen LogP contribution in [0.4, 0.5) is 4.39 Å². The second-order valence-electron chi connectivity index (χ2n) is 3.08. The zero-order valence-electron chi connectivity index (χ0n) is 8.20. The second-order valence-corrected chi connectivity index (χ2v) is 3.51. The first kappa shape index (κ1) is 10.0. The molecule has 78 valence electrons. The van der Waals surface area contributed by atoms with Crippen molar-refractivity contribution >= 4 is 11.6 Å². The molecule has 0 unspecified atom stereocenters. The Kier molecular flexibility index (Phi) is 2.40. The molecule has 2 rings (SSSR count). The van der Waals surface area contributed by atoms with E-state index in [-0.39, 0.29) is 10.8 Å². The van der Waals surface area contributed by atoms with Gasteiger partial charge in [-0.3, -0.25) is 0 Å². The zero-order valence-corrected chi connectivity index (χ0v) is 8.96. The largest absolute Gasteiger partial charge is 0.233 e. The van der Waals surface area contributed by atoms with Gasteiger partial charge in [0.2, 0.25) is 0 Å². The summed E-state index contributed by atoms with van der Waals surface area (Å²) in [6, 6.07) is 1.19. The first-order valence-electron chi connectivity index (χ1n) is 4.29. The molecule has 15 heavy (non-hydrogen) atoms. The Labute approximate surface area is 90.7 Å². The molecule has 0 amide bonds. The average molecular weight is 227 g/mol. The maximum absolute atomic E-state index is 13.5. The van der Waals surface area contributed by atoms with Gasteiger partial charge in [-0.1, -0.05) is 11.6 Å². The van der Waals surface area contributed by atoms with Crippen LogP contribution in [0.2, 0.25) is 5.02 Å². The van der Waals surface area contributed by atoms with Crippen LogP contribution in [0.1, 0.15) is 11.6 Å². The molecule has 0 spiro atoms. The van der Waals surface area contributed by atoms with Gasteiger partial charge in [-0.2, -0.15) is 4.68 Å². The molecule has 2 aromatic heterocycles. The van der Waals surface area contributed by atoms with Gasteiger partial charge >= 0.3 is 0 Å². The van der Waals surface area contributed by atoms with Crippen molar-refractivity contribution in [3.05, 3.63) is 34.8 Å². The summed E-state index contributed by atoms with van der Waals surface area (Å²) < 4.78 is 14.8. The van der Waals surface area contributed by atoms with E-state index >= 15 is 0 Å². The Morgan fingerprint density at radius 1 is 1.40 bits per heavy atom. The van der Waals surface area contributed by atoms with Gasteiger partial charge in [0.1, 0.15) is 11.6 Å². The molecule has 0 bridgehead atoms. The number of hydrogen-bond acceptors (Lipinski definition) is 3. The predicted octanol–water partition coefficient (Wildman–Crippen LogP) is 2.07. The van der Waals surface area contributed by atoms with Crippen LogP contribution in [-0.4, -0.2) is 19.7 Å². The summed E-state index contributed by atoms with van der Waals surface area (Å²) >= 11 is 5.60. The maximum atomic E-state index is 13.5. The van der Waals surface area contributed by atoms with Crippen molar-refractivity contribution in [2.45, 2.75) is 13.8 Å². The number of rotatable bonds is 1. The van der Waals surface area contributed by atoms with E-state index in [4.69, 9.17) is 11.6 Å². The first-order chi connectivity index (χ1) is 7.08. The third-order valence-electron chi connectivity index (χ3n) is 1.86. The lowest BCUT2D eigenvalue weighted by Crippen LogP contribution is -2.04. The summed E-state index contributed by atoms with van der Waals surface area (Å²) in [4.78, 5) is 7.94. The van der Waals surface area contributed by atoms with Crippen molar-refractivity contribution in [1.82, 2.24) is 19.7 Å². The molecular formula is C9H8ClFN4. The van der Waals surface area contributed by atoms with E-state index in [0.717, 1.165) is 0 Å². The van der Waals surface area contributed by atoms with Crippen LogP contribution in [0.5, 0.6) is 0 Å². The van der Waals surface area contributed by atoms with E-state index < -0.39 is 5.82 Å². The summed E-state index contributed by atoms with van der Waals surface area (Å²) in [6.45, 7) is 3.47. The SMILES string of the molecule is Cc1nc(C)n(-c2ncc(Cl)cc2F)n1. The van der Waals surface area contributed by atoms with Crippen LogP contribution in [0.25, 0.3) is 5.82 Å². The Bertz CT molecular complexity index is 509. The fourth-order valence-corrected chi connectivity index (χ4v) is 1.43. The van der Waals surface area contributed by atoms with Crippen LogP contribution >= 0.6 is 11.6 Å². The van der Waals surface area contributed by atoms with Crippen LogP contribution in [-0.2, 0) is 0 Å². The van der Waals surface area contributed by atoms with Crippen molar-refractivity contribution < 1.29 is 4.39 Å². The number of halogens is 2. The molecule has 2 heterocycles. The van der Waals surface area contributed by atoms with Gasteiger partial charge in [0, 0.05) is 6.20 Å². The summed E-state index contributed by atoms with van der Waals surface area (Å²) in [5.41, 5.74) is 0. The third-order valence-corrected chi connectivity index (χ3v) is 2.07. The normalized spacial score (nSPS) is 10.7. The van der Waals surface area contributed by atoms with E-state index in [9.17, 15) is 4.39 Å². The van der Waals surface area contributed by atoms with Gasteiger partial charge in [-0.05, 0) is 19.9 Å². The lowest BCUT2D eigenvalue weighted by atomic mass is 10.4. The van der Waals surface area contributed by atoms with Crippen molar-refractivity contribution in [3.8, 4) is 5.82 Å². The molecule has 0 aliphatic carbocycles. The van der Waals surface area contributed by atoms with Crippen LogP contribution < -0.4 is 0 Å². The Morgan fingerprint density at radius 2 is 2.13 bits per heavy atom. The molecule has 0 radical (unpaired) electrons. The van der Waals surface area contributed by atoms with Gasteiger partial charge in [0.15, 0.2) is 11.6 Å². The number of aryl methyl sites for hydroxylation is 2. The minimum atomic E-state index is -0.518. The lowest BCUT2D eigenvalue weighted by Gasteiger charge is -2.02. The highest BCUT2D eigenvalue weighted by Crippen LogP contribution is 2.15. The molecular weight excluding hydrogens is 219 g/mol. The Balaban J connectivity index is 2.59. The fraction of sp³-hybridized carbons (Fsp3) is 0.222. The first-order valence-corrected chi connectivity index (χ1v) is 4.67. The summed E-state index contributed by atoms with van der Waals surface area (Å²) in [5, 5.41) is 4.29. The zero-order chi connectivity index (χ0) is 11.0. The highest BCUT2D eigenvalue weighted by Gasteiger charge is 2.11. The maximum Gasteiger partial charge on any atom is 0.191 e. The van der Waals surface area contributed by atoms with Gasteiger partial charge in [0.25, 0.3) is 0 Å². The van der Waals surface area contributed by atoms with Crippen molar-refractivity contribution in [2.75, 3.05) is 0 Å². The minimum absolute atomic E-state index is 0.109. The van der Waals surface area contributed by atoms with Gasteiger partial charge in [-0.25, -0.2) is 14.4 Å². The van der Waals surface area contributed by atoms with Crippen LogP contribution in [0.3, 0.4) is 0 Å². The van der Waals surface area contributed by atoms with Crippen LogP contribution in [0, 0.1) is 19.7 Å². The van der Waals surface area contributed by atoms with Crippen molar-refractivity contribution in [3.63, 3.8) is 0 Å². The molecule has 0 N–H and O–H groups in total. The second kappa shape index (κ2) is 3.58. The molecule has 0 saturated heterocycles. The molecule has 0 aromatic carbocycles. The smallest absolute Gasteiger partial charge is 0.191 e. The number of pyridine rings is 1. The Hall–Kier alpha value is -1.49. The standard InChI is InChI=1S/C9H8ClFN4/c1-5-13-6(2)15(14-5)9-8(11)3-7(10)4-12-9/h3-4H,1-2H3. The molecule has 6 heteroatoms. The summed E-state index contributed by atoms with van der Waals surface area (Å²) in [6.07, 6.45) is 1.37. The van der Waals surface area contributed by atoms with E-state index in [1.54, 1.807) is 13.8 Å². The van der Waals surface area contributed by atoms with Gasteiger partial charge < -0.3 is 0 Å². The molecule has 0 aliphatic rings. The Morgan fingerprint density at radius 3 is 2.67 bits per heavy atom. The van der Waals surface area contributed by atoms with Crippen molar-refractivity contribution in [2.24, 2.45) is 0 Å². The van der Waals surface area contributed by atoms with E-state index in [1.807, 2.05) is 0 Å². The molecule has 0 atom stereocenters. The van der Waals surface area contributed by atoms with Gasteiger partial charge in [0.05, 0.1) is 5.02 Å².